The summed E-state index contributed by atoms with van der Waals surface area (Å²) in [7, 11) is 0. The molecule has 0 aromatic heterocycles. The molecule has 0 atom stereocenters. The van der Waals surface area contributed by atoms with Crippen molar-refractivity contribution in [2.24, 2.45) is 0 Å². The van der Waals surface area contributed by atoms with Crippen molar-refractivity contribution < 1.29 is 19.5 Å². The number of fused-ring (bicyclic) bond motifs is 1. The number of ketones is 2. The van der Waals surface area contributed by atoms with Crippen LogP contribution >= 0.6 is 0 Å². The van der Waals surface area contributed by atoms with Gasteiger partial charge in [0.2, 0.25) is 11.6 Å². The first-order chi connectivity index (χ1) is 10.9. The van der Waals surface area contributed by atoms with Gasteiger partial charge in [-0.1, -0.05) is 24.3 Å². The molecule has 0 unspecified atom stereocenters. The lowest BCUT2D eigenvalue weighted by Crippen LogP contribution is -2.61. The van der Waals surface area contributed by atoms with Gasteiger partial charge in [-0.05, 0) is 24.3 Å². The largest absolute Gasteiger partial charge is 0.399 e. The van der Waals surface area contributed by atoms with Gasteiger partial charge >= 0.3 is 0 Å². The van der Waals surface area contributed by atoms with Crippen LogP contribution in [-0.4, -0.2) is 28.3 Å². The van der Waals surface area contributed by atoms with Gasteiger partial charge in [-0.3, -0.25) is 19.8 Å². The number of nitrogens with two attached hydrogens (primary N) is 1. The number of carbonyl (C=O) groups excluding carboxylic acids is 3. The lowest BCUT2D eigenvalue weighted by atomic mass is 10.1. The van der Waals surface area contributed by atoms with Gasteiger partial charge in [0.25, 0.3) is 11.6 Å². The van der Waals surface area contributed by atoms with Crippen LogP contribution in [0.25, 0.3) is 0 Å². The maximum atomic E-state index is 12.2. The molecule has 0 spiro atoms. The summed E-state index contributed by atoms with van der Waals surface area (Å²) in [5, 5.41) is 10.3. The lowest BCUT2D eigenvalue weighted by Gasteiger charge is -2.21. The normalized spacial score (nSPS) is 15.3. The van der Waals surface area contributed by atoms with E-state index in [0.29, 0.717) is 5.69 Å². The molecule has 0 saturated heterocycles. The highest BCUT2D eigenvalue weighted by Crippen LogP contribution is 2.27. The van der Waals surface area contributed by atoms with Crippen LogP contribution in [0.15, 0.2) is 48.5 Å². The first kappa shape index (κ1) is 14.9. The molecule has 3 rings (SSSR count). The molecule has 7 nitrogen and oxygen atoms in total. The van der Waals surface area contributed by atoms with Gasteiger partial charge in [-0.2, -0.15) is 5.43 Å². The molecule has 116 valence electrons. The summed E-state index contributed by atoms with van der Waals surface area (Å²) >= 11 is 0. The fourth-order valence-electron chi connectivity index (χ4n) is 2.34. The number of hydrogen-bond acceptors (Lipinski definition) is 6. The number of hydrogen-bond donors (Lipinski definition) is 4. The van der Waals surface area contributed by atoms with E-state index in [1.54, 1.807) is 12.1 Å². The molecule has 2 aromatic rings. The topological polar surface area (TPSA) is 122 Å². The molecule has 0 radical (unpaired) electrons. The number of carbonyl (C=O) groups is 3. The summed E-state index contributed by atoms with van der Waals surface area (Å²) in [6.45, 7) is 0. The van der Waals surface area contributed by atoms with E-state index in [1.165, 1.54) is 36.4 Å². The maximum Gasteiger partial charge on any atom is 0.265 e. The monoisotopic (exact) mass is 311 g/mol. The lowest BCUT2D eigenvalue weighted by molar-refractivity contribution is 0.0138. The smallest absolute Gasteiger partial charge is 0.265 e. The number of hydrazine groups is 1. The van der Waals surface area contributed by atoms with Crippen LogP contribution in [0.2, 0.25) is 0 Å². The van der Waals surface area contributed by atoms with Crippen molar-refractivity contribution >= 4 is 23.2 Å². The maximum absolute atomic E-state index is 12.2. The summed E-state index contributed by atoms with van der Waals surface area (Å²) in [5.41, 5.74) is 8.30. The van der Waals surface area contributed by atoms with Crippen LogP contribution < -0.4 is 16.6 Å². The fraction of sp³-hybridized carbons (Fsp3) is 0.0625. The molecule has 0 heterocycles. The van der Waals surface area contributed by atoms with Gasteiger partial charge in [0.1, 0.15) is 0 Å². The minimum atomic E-state index is -2.51. The van der Waals surface area contributed by atoms with Gasteiger partial charge in [-0.15, -0.1) is 0 Å². The van der Waals surface area contributed by atoms with Gasteiger partial charge in [0.15, 0.2) is 0 Å². The zero-order valence-electron chi connectivity index (χ0n) is 11.9. The van der Waals surface area contributed by atoms with Crippen LogP contribution in [0.1, 0.15) is 31.1 Å². The van der Waals surface area contributed by atoms with Gasteiger partial charge in [-0.25, -0.2) is 0 Å². The Morgan fingerprint density at radius 2 is 1.48 bits per heavy atom. The van der Waals surface area contributed by atoms with Crippen molar-refractivity contribution in [2.45, 2.75) is 5.72 Å². The number of rotatable bonds is 3. The number of benzene rings is 2. The number of anilines is 1. The predicted molar refractivity (Wildman–Crippen MR) is 81.5 cm³/mol. The fourth-order valence-corrected chi connectivity index (χ4v) is 2.34. The molecule has 5 N–H and O–H groups in total. The Bertz CT molecular complexity index is 779. The number of aliphatic hydroxyl groups is 1. The molecule has 2 aromatic carbocycles. The second kappa shape index (κ2) is 5.31. The number of amides is 1. The average Bonchev–Trinajstić information content (AvgIpc) is 2.76. The minimum absolute atomic E-state index is 0.106. The van der Waals surface area contributed by atoms with Gasteiger partial charge in [0, 0.05) is 22.4 Å². The van der Waals surface area contributed by atoms with Crippen molar-refractivity contribution in [3.05, 3.63) is 65.2 Å². The Morgan fingerprint density at radius 3 is 2.00 bits per heavy atom. The average molecular weight is 311 g/mol. The van der Waals surface area contributed by atoms with E-state index in [9.17, 15) is 19.5 Å². The Labute approximate surface area is 131 Å². The van der Waals surface area contributed by atoms with E-state index in [2.05, 4.69) is 10.9 Å². The zero-order chi connectivity index (χ0) is 16.6. The Hall–Kier alpha value is -3.03. The zero-order valence-corrected chi connectivity index (χ0v) is 11.9. The van der Waals surface area contributed by atoms with E-state index in [4.69, 9.17) is 5.73 Å². The van der Waals surface area contributed by atoms with Crippen LogP contribution in [-0.2, 0) is 0 Å². The molecule has 7 heteroatoms. The molecule has 0 aliphatic heterocycles. The summed E-state index contributed by atoms with van der Waals surface area (Å²) in [6, 6.07) is 12.1. The van der Waals surface area contributed by atoms with Crippen LogP contribution in [0.5, 0.6) is 0 Å². The number of nitrogens with one attached hydrogen (secondary N) is 2. The molecular weight excluding hydrogens is 298 g/mol. The predicted octanol–water partition coefficient (Wildman–Crippen LogP) is 0.271. The summed E-state index contributed by atoms with van der Waals surface area (Å²) in [6.07, 6.45) is 0. The number of nitrogen functional groups attached to an aromatic ring is 1. The van der Waals surface area contributed by atoms with E-state index in [0.717, 1.165) is 0 Å². The summed E-state index contributed by atoms with van der Waals surface area (Å²) < 4.78 is 0. The second-order valence-electron chi connectivity index (χ2n) is 5.12. The summed E-state index contributed by atoms with van der Waals surface area (Å²) in [4.78, 5) is 36.4. The molecular formula is C16H13N3O4. The van der Waals surface area contributed by atoms with E-state index >= 15 is 0 Å². The molecule has 1 aliphatic rings. The van der Waals surface area contributed by atoms with Crippen molar-refractivity contribution in [2.75, 3.05) is 5.73 Å². The van der Waals surface area contributed by atoms with Crippen LogP contribution in [0.3, 0.4) is 0 Å². The van der Waals surface area contributed by atoms with Crippen LogP contribution in [0, 0.1) is 0 Å². The van der Waals surface area contributed by atoms with Crippen molar-refractivity contribution in [3.63, 3.8) is 0 Å². The van der Waals surface area contributed by atoms with E-state index in [-0.39, 0.29) is 16.7 Å². The Kier molecular flexibility index (Phi) is 3.44. The standard InChI is InChI=1S/C16H13N3O4/c17-10-7-5-9(6-8-10)15(22)18-19-16(23)13(20)11-3-1-2-4-12(11)14(16)21/h1-8,19,23H,17H2,(H,18,22). The summed E-state index contributed by atoms with van der Waals surface area (Å²) in [5.74, 6) is -2.23. The highest BCUT2D eigenvalue weighted by Gasteiger charge is 2.52. The first-order valence-corrected chi connectivity index (χ1v) is 6.77. The Balaban J connectivity index is 1.78. The quantitative estimate of drug-likeness (QED) is 0.279. The van der Waals surface area contributed by atoms with Gasteiger partial charge < -0.3 is 10.8 Å². The number of Topliss-reactive ketones (excluding diaryl/α,β-unsaturated/α-hetero) is 2. The van der Waals surface area contributed by atoms with E-state index < -0.39 is 23.2 Å². The SMILES string of the molecule is Nc1ccc(C(=O)NNC2(O)C(=O)c3ccccc3C2=O)cc1. The molecule has 0 saturated carbocycles. The second-order valence-corrected chi connectivity index (χ2v) is 5.12. The van der Waals surface area contributed by atoms with Crippen molar-refractivity contribution in [1.29, 1.82) is 0 Å². The van der Waals surface area contributed by atoms with Crippen molar-refractivity contribution in [1.82, 2.24) is 10.9 Å². The Morgan fingerprint density at radius 1 is 0.957 bits per heavy atom. The van der Waals surface area contributed by atoms with E-state index in [1.807, 2.05) is 0 Å². The minimum Gasteiger partial charge on any atom is -0.399 e. The highest BCUT2D eigenvalue weighted by atomic mass is 16.3. The molecule has 1 aliphatic carbocycles. The molecule has 23 heavy (non-hydrogen) atoms. The highest BCUT2D eigenvalue weighted by molar-refractivity contribution is 6.31. The molecule has 0 fully saturated rings. The molecule has 1 amide bonds. The third-order valence-electron chi connectivity index (χ3n) is 3.60. The first-order valence-electron chi connectivity index (χ1n) is 6.77. The van der Waals surface area contributed by atoms with Crippen LogP contribution in [0.4, 0.5) is 5.69 Å². The van der Waals surface area contributed by atoms with Crippen molar-refractivity contribution in [3.8, 4) is 0 Å². The third kappa shape index (κ3) is 2.37. The third-order valence-corrected chi connectivity index (χ3v) is 3.60. The molecule has 0 bridgehead atoms. The van der Waals surface area contributed by atoms with Gasteiger partial charge in [0.05, 0.1) is 0 Å².